The van der Waals surface area contributed by atoms with E-state index in [1.807, 2.05) is 0 Å². The Morgan fingerprint density at radius 3 is 2.81 bits per heavy atom. The summed E-state index contributed by atoms with van der Waals surface area (Å²) in [6.45, 7) is 0.488. The molecule has 16 heavy (non-hydrogen) atoms. The Kier molecular flexibility index (Phi) is 5.21. The van der Waals surface area contributed by atoms with Gasteiger partial charge in [-0.1, -0.05) is 0 Å². The van der Waals surface area contributed by atoms with Crippen LogP contribution in [0, 0.1) is 0 Å². The van der Waals surface area contributed by atoms with Gasteiger partial charge in [0.1, 0.15) is 0 Å². The normalized spacial score (nSPS) is 20.6. The molecule has 4 N–H and O–H groups in total. The van der Waals surface area contributed by atoms with Gasteiger partial charge in [-0.2, -0.15) is 0 Å². The zero-order valence-electron chi connectivity index (χ0n) is 9.32. The Balaban J connectivity index is 2.41. The van der Waals surface area contributed by atoms with E-state index in [4.69, 9.17) is 10.8 Å². The second-order valence-corrected chi connectivity index (χ2v) is 3.90. The number of carbonyl (C=O) groups excluding carboxylic acids is 2. The molecule has 1 atom stereocenters. The van der Waals surface area contributed by atoms with E-state index in [0.29, 0.717) is 6.54 Å². The molecular formula is C10H19N3O3. The van der Waals surface area contributed by atoms with Crippen molar-refractivity contribution in [2.45, 2.75) is 25.3 Å². The number of carbonyl (C=O) groups is 2. The fourth-order valence-corrected chi connectivity index (χ4v) is 1.87. The van der Waals surface area contributed by atoms with Crippen LogP contribution in [0.4, 0.5) is 0 Å². The number of rotatable bonds is 4. The lowest BCUT2D eigenvalue weighted by Crippen LogP contribution is -2.49. The van der Waals surface area contributed by atoms with Gasteiger partial charge in [0.2, 0.25) is 11.8 Å². The van der Waals surface area contributed by atoms with Gasteiger partial charge in [0.25, 0.3) is 0 Å². The van der Waals surface area contributed by atoms with Crippen molar-refractivity contribution in [2.24, 2.45) is 5.73 Å². The second-order valence-electron chi connectivity index (χ2n) is 3.90. The molecule has 0 spiro atoms. The summed E-state index contributed by atoms with van der Waals surface area (Å²) in [6, 6.07) is -0.101. The van der Waals surface area contributed by atoms with E-state index in [1.165, 1.54) is 0 Å². The quantitative estimate of drug-likeness (QED) is 0.543. The van der Waals surface area contributed by atoms with E-state index < -0.39 is 0 Å². The summed E-state index contributed by atoms with van der Waals surface area (Å²) in [5, 5.41) is 11.6. The summed E-state index contributed by atoms with van der Waals surface area (Å²) in [4.78, 5) is 24.3. The van der Waals surface area contributed by atoms with Crippen LogP contribution in [0.5, 0.6) is 0 Å². The number of amides is 2. The van der Waals surface area contributed by atoms with Crippen molar-refractivity contribution in [1.82, 2.24) is 10.2 Å². The molecule has 1 unspecified atom stereocenters. The predicted octanol–water partition coefficient (Wildman–Crippen LogP) is -1.57. The fraction of sp³-hybridized carbons (Fsp3) is 0.800. The molecule has 0 aliphatic carbocycles. The summed E-state index contributed by atoms with van der Waals surface area (Å²) >= 11 is 0. The van der Waals surface area contributed by atoms with Gasteiger partial charge in [0, 0.05) is 6.54 Å². The number of likely N-dealkylation sites (tertiary alicyclic amines) is 1. The van der Waals surface area contributed by atoms with Crippen LogP contribution in [-0.2, 0) is 9.59 Å². The van der Waals surface area contributed by atoms with Gasteiger partial charge in [0.05, 0.1) is 25.7 Å². The molecule has 0 aromatic heterocycles. The number of nitrogens with two attached hydrogens (primary N) is 1. The third kappa shape index (κ3) is 3.46. The van der Waals surface area contributed by atoms with Gasteiger partial charge >= 0.3 is 0 Å². The molecule has 2 amide bonds. The van der Waals surface area contributed by atoms with Crippen LogP contribution in [0.3, 0.4) is 0 Å². The highest BCUT2D eigenvalue weighted by molar-refractivity contribution is 5.85. The largest absolute Gasteiger partial charge is 0.394 e. The molecule has 6 heteroatoms. The molecule has 0 radical (unpaired) electrons. The number of nitrogens with one attached hydrogen (secondary N) is 1. The van der Waals surface area contributed by atoms with E-state index in [-0.39, 0.29) is 37.6 Å². The fourth-order valence-electron chi connectivity index (χ4n) is 1.87. The van der Waals surface area contributed by atoms with Crippen LogP contribution in [0.15, 0.2) is 0 Å². The van der Waals surface area contributed by atoms with Crippen LogP contribution in [0.1, 0.15) is 19.3 Å². The van der Waals surface area contributed by atoms with Crippen molar-refractivity contribution in [3.8, 4) is 0 Å². The number of nitrogens with zero attached hydrogens (tertiary/aromatic N) is 1. The lowest BCUT2D eigenvalue weighted by molar-refractivity contribution is -0.136. The third-order valence-corrected chi connectivity index (χ3v) is 2.78. The molecule has 1 aliphatic heterocycles. The van der Waals surface area contributed by atoms with Gasteiger partial charge < -0.3 is 21.1 Å². The molecule has 1 rings (SSSR count). The standard InChI is InChI=1S/C10H19N3O3/c11-5-9(15)12-6-10(16)13-4-2-1-3-8(13)7-14/h8,14H,1-7,11H2,(H,12,15). The average Bonchev–Trinajstić information content (AvgIpc) is 2.35. The summed E-state index contributed by atoms with van der Waals surface area (Å²) in [5.41, 5.74) is 5.11. The zero-order valence-corrected chi connectivity index (χ0v) is 9.32. The molecule has 1 fully saturated rings. The molecule has 92 valence electrons. The molecule has 1 saturated heterocycles. The van der Waals surface area contributed by atoms with Crippen molar-refractivity contribution in [1.29, 1.82) is 0 Å². The highest BCUT2D eigenvalue weighted by atomic mass is 16.3. The van der Waals surface area contributed by atoms with Crippen LogP contribution < -0.4 is 11.1 Å². The van der Waals surface area contributed by atoms with Crippen molar-refractivity contribution >= 4 is 11.8 Å². The Morgan fingerprint density at radius 2 is 2.19 bits per heavy atom. The Hall–Kier alpha value is -1.14. The Bertz CT molecular complexity index is 258. The highest BCUT2D eigenvalue weighted by Crippen LogP contribution is 2.16. The minimum atomic E-state index is -0.342. The smallest absolute Gasteiger partial charge is 0.242 e. The van der Waals surface area contributed by atoms with Crippen molar-refractivity contribution < 1.29 is 14.7 Å². The van der Waals surface area contributed by atoms with E-state index >= 15 is 0 Å². The number of piperidine rings is 1. The van der Waals surface area contributed by atoms with Crippen LogP contribution in [-0.4, -0.2) is 54.1 Å². The maximum Gasteiger partial charge on any atom is 0.242 e. The molecule has 0 aromatic rings. The van der Waals surface area contributed by atoms with E-state index in [9.17, 15) is 9.59 Å². The molecular weight excluding hydrogens is 210 g/mol. The number of hydrogen-bond donors (Lipinski definition) is 3. The van der Waals surface area contributed by atoms with Crippen molar-refractivity contribution in [3.05, 3.63) is 0 Å². The lowest BCUT2D eigenvalue weighted by atomic mass is 10.0. The molecule has 0 saturated carbocycles. The van der Waals surface area contributed by atoms with Gasteiger partial charge in [-0.15, -0.1) is 0 Å². The van der Waals surface area contributed by atoms with Crippen molar-refractivity contribution in [2.75, 3.05) is 26.2 Å². The first kappa shape index (κ1) is 12.9. The van der Waals surface area contributed by atoms with E-state index in [1.54, 1.807) is 4.90 Å². The first-order chi connectivity index (χ1) is 7.69. The minimum Gasteiger partial charge on any atom is -0.394 e. The van der Waals surface area contributed by atoms with E-state index in [0.717, 1.165) is 19.3 Å². The Morgan fingerprint density at radius 1 is 1.44 bits per heavy atom. The first-order valence-electron chi connectivity index (χ1n) is 5.56. The zero-order chi connectivity index (χ0) is 12.0. The second kappa shape index (κ2) is 6.44. The topological polar surface area (TPSA) is 95.7 Å². The van der Waals surface area contributed by atoms with Crippen LogP contribution in [0.25, 0.3) is 0 Å². The summed E-state index contributed by atoms with van der Waals surface area (Å²) in [5.74, 6) is -0.494. The van der Waals surface area contributed by atoms with Gasteiger partial charge in [-0.3, -0.25) is 9.59 Å². The Labute approximate surface area is 94.8 Å². The number of hydrogen-bond acceptors (Lipinski definition) is 4. The first-order valence-corrected chi connectivity index (χ1v) is 5.56. The summed E-state index contributed by atoms with van der Waals surface area (Å²) < 4.78 is 0. The van der Waals surface area contributed by atoms with Gasteiger partial charge in [-0.05, 0) is 19.3 Å². The molecule has 1 heterocycles. The van der Waals surface area contributed by atoms with Gasteiger partial charge in [0.15, 0.2) is 0 Å². The van der Waals surface area contributed by atoms with Gasteiger partial charge in [-0.25, -0.2) is 0 Å². The molecule has 0 aromatic carbocycles. The lowest BCUT2D eigenvalue weighted by Gasteiger charge is -2.34. The third-order valence-electron chi connectivity index (χ3n) is 2.78. The number of aliphatic hydroxyl groups excluding tert-OH is 1. The highest BCUT2D eigenvalue weighted by Gasteiger charge is 2.25. The maximum atomic E-state index is 11.7. The predicted molar refractivity (Wildman–Crippen MR) is 58.5 cm³/mol. The SMILES string of the molecule is NCC(=O)NCC(=O)N1CCCCC1CO. The van der Waals surface area contributed by atoms with Crippen molar-refractivity contribution in [3.63, 3.8) is 0 Å². The van der Waals surface area contributed by atoms with Crippen LogP contribution >= 0.6 is 0 Å². The molecule has 1 aliphatic rings. The molecule has 6 nitrogen and oxygen atoms in total. The summed E-state index contributed by atoms with van der Waals surface area (Å²) in [7, 11) is 0. The maximum absolute atomic E-state index is 11.7. The average molecular weight is 229 g/mol. The van der Waals surface area contributed by atoms with E-state index in [2.05, 4.69) is 5.32 Å². The molecule has 0 bridgehead atoms. The monoisotopic (exact) mass is 229 g/mol. The van der Waals surface area contributed by atoms with Crippen LogP contribution in [0.2, 0.25) is 0 Å². The summed E-state index contributed by atoms with van der Waals surface area (Å²) in [6.07, 6.45) is 2.81. The minimum absolute atomic E-state index is 0.0173. The number of aliphatic hydroxyl groups is 1.